The van der Waals surface area contributed by atoms with Crippen LogP contribution in [0.2, 0.25) is 0 Å². The summed E-state index contributed by atoms with van der Waals surface area (Å²) in [7, 11) is 0. The third-order valence-corrected chi connectivity index (χ3v) is 3.07. The number of nitrogens with zero attached hydrogens (tertiary/aromatic N) is 1. The number of amides is 2. The predicted molar refractivity (Wildman–Crippen MR) is 90.9 cm³/mol. The van der Waals surface area contributed by atoms with E-state index in [9.17, 15) is 9.59 Å². The Morgan fingerprint density at radius 3 is 2.38 bits per heavy atom. The Labute approximate surface area is 140 Å². The Kier molecular flexibility index (Phi) is 5.92. The van der Waals surface area contributed by atoms with Crippen LogP contribution >= 0.6 is 0 Å². The fraction of sp³-hybridized carbons (Fsp3) is 0.167. The van der Waals surface area contributed by atoms with E-state index in [0.717, 1.165) is 0 Å². The first-order valence-electron chi connectivity index (χ1n) is 7.43. The molecule has 0 atom stereocenters. The lowest BCUT2D eigenvalue weighted by molar-refractivity contribution is -0.115. The molecule has 2 amide bonds. The van der Waals surface area contributed by atoms with Crippen LogP contribution in [0, 0.1) is 11.3 Å². The maximum Gasteiger partial charge on any atom is 0.255 e. The van der Waals surface area contributed by atoms with Crippen molar-refractivity contribution in [1.82, 2.24) is 0 Å². The molecule has 0 radical (unpaired) electrons. The number of benzene rings is 2. The SMILES string of the molecule is CCOc1ccc(C(=O)Nc2cccc(NC(=O)CC#N)c2)cc1. The van der Waals surface area contributed by atoms with Gasteiger partial charge in [-0.05, 0) is 49.4 Å². The molecule has 2 aromatic rings. The largest absolute Gasteiger partial charge is 0.494 e. The van der Waals surface area contributed by atoms with Crippen molar-refractivity contribution in [2.45, 2.75) is 13.3 Å². The van der Waals surface area contributed by atoms with Gasteiger partial charge in [0.1, 0.15) is 12.2 Å². The highest BCUT2D eigenvalue weighted by Gasteiger charge is 2.07. The molecule has 0 spiro atoms. The highest BCUT2D eigenvalue weighted by atomic mass is 16.5. The molecule has 0 aliphatic rings. The van der Waals surface area contributed by atoms with Gasteiger partial charge in [0.05, 0.1) is 12.7 Å². The fourth-order valence-corrected chi connectivity index (χ4v) is 2.02. The first-order chi connectivity index (χ1) is 11.6. The number of nitriles is 1. The first kappa shape index (κ1) is 17.0. The number of carbonyl (C=O) groups excluding carboxylic acids is 2. The molecule has 0 aliphatic heterocycles. The number of hydrogen-bond acceptors (Lipinski definition) is 4. The van der Waals surface area contributed by atoms with E-state index in [4.69, 9.17) is 10.00 Å². The first-order valence-corrected chi connectivity index (χ1v) is 7.43. The molecule has 0 bridgehead atoms. The van der Waals surface area contributed by atoms with Crippen LogP contribution in [0.25, 0.3) is 0 Å². The van der Waals surface area contributed by atoms with E-state index in [1.807, 2.05) is 6.92 Å². The summed E-state index contributed by atoms with van der Waals surface area (Å²) in [5.74, 6) is 0.0438. The molecule has 2 N–H and O–H groups in total. The summed E-state index contributed by atoms with van der Waals surface area (Å²) in [4.78, 5) is 23.7. The highest BCUT2D eigenvalue weighted by molar-refractivity contribution is 6.04. The van der Waals surface area contributed by atoms with Gasteiger partial charge in [-0.15, -0.1) is 0 Å². The third-order valence-electron chi connectivity index (χ3n) is 3.07. The van der Waals surface area contributed by atoms with Crippen molar-refractivity contribution < 1.29 is 14.3 Å². The van der Waals surface area contributed by atoms with Gasteiger partial charge in [-0.3, -0.25) is 9.59 Å². The summed E-state index contributed by atoms with van der Waals surface area (Å²) in [5.41, 5.74) is 1.56. The molecular formula is C18H17N3O3. The Balaban J connectivity index is 2.03. The van der Waals surface area contributed by atoms with E-state index in [-0.39, 0.29) is 12.3 Å². The second-order valence-electron chi connectivity index (χ2n) is 4.88. The lowest BCUT2D eigenvalue weighted by atomic mass is 10.2. The zero-order chi connectivity index (χ0) is 17.4. The zero-order valence-electron chi connectivity index (χ0n) is 13.2. The molecule has 6 nitrogen and oxygen atoms in total. The van der Waals surface area contributed by atoms with Crippen molar-refractivity contribution in [2.75, 3.05) is 17.2 Å². The van der Waals surface area contributed by atoms with Crippen LogP contribution in [0.4, 0.5) is 11.4 Å². The van der Waals surface area contributed by atoms with Crippen LogP contribution in [-0.2, 0) is 4.79 Å². The van der Waals surface area contributed by atoms with E-state index in [2.05, 4.69) is 10.6 Å². The molecule has 0 aliphatic carbocycles. The third kappa shape index (κ3) is 4.85. The van der Waals surface area contributed by atoms with E-state index < -0.39 is 5.91 Å². The van der Waals surface area contributed by atoms with Crippen molar-refractivity contribution in [3.63, 3.8) is 0 Å². The van der Waals surface area contributed by atoms with Crippen molar-refractivity contribution >= 4 is 23.2 Å². The summed E-state index contributed by atoms with van der Waals surface area (Å²) in [6, 6.07) is 15.3. The molecule has 0 aromatic heterocycles. The number of nitrogens with one attached hydrogen (secondary N) is 2. The minimum atomic E-state index is -0.396. The van der Waals surface area contributed by atoms with Gasteiger partial charge in [-0.1, -0.05) is 6.07 Å². The van der Waals surface area contributed by atoms with Gasteiger partial charge >= 0.3 is 0 Å². The molecule has 0 fully saturated rings. The minimum absolute atomic E-state index is 0.219. The molecule has 0 saturated carbocycles. The van der Waals surface area contributed by atoms with Gasteiger partial charge < -0.3 is 15.4 Å². The average molecular weight is 323 g/mol. The van der Waals surface area contributed by atoms with Gasteiger partial charge in [0.15, 0.2) is 0 Å². The summed E-state index contributed by atoms with van der Waals surface area (Å²) in [5, 5.41) is 13.8. The summed E-state index contributed by atoms with van der Waals surface area (Å²) in [6.45, 7) is 2.46. The smallest absolute Gasteiger partial charge is 0.255 e. The predicted octanol–water partition coefficient (Wildman–Crippen LogP) is 3.19. The topological polar surface area (TPSA) is 91.2 Å². The quantitative estimate of drug-likeness (QED) is 0.854. The Hall–Kier alpha value is -3.33. The molecule has 24 heavy (non-hydrogen) atoms. The Morgan fingerprint density at radius 2 is 1.75 bits per heavy atom. The second kappa shape index (κ2) is 8.34. The average Bonchev–Trinajstić information content (AvgIpc) is 2.56. The number of hydrogen-bond donors (Lipinski definition) is 2. The van der Waals surface area contributed by atoms with E-state index in [1.54, 1.807) is 54.6 Å². The number of ether oxygens (including phenoxy) is 1. The summed E-state index contributed by atoms with van der Waals surface area (Å²) < 4.78 is 5.34. The fourth-order valence-electron chi connectivity index (χ4n) is 2.02. The molecule has 122 valence electrons. The van der Waals surface area contributed by atoms with Gasteiger partial charge in [0, 0.05) is 16.9 Å². The maximum atomic E-state index is 12.2. The molecular weight excluding hydrogens is 306 g/mol. The van der Waals surface area contributed by atoms with Crippen LogP contribution in [0.5, 0.6) is 5.75 Å². The monoisotopic (exact) mass is 323 g/mol. The van der Waals surface area contributed by atoms with Crippen molar-refractivity contribution in [2.24, 2.45) is 0 Å². The molecule has 0 heterocycles. The highest BCUT2D eigenvalue weighted by Crippen LogP contribution is 2.17. The summed E-state index contributed by atoms with van der Waals surface area (Å²) in [6.07, 6.45) is -0.219. The van der Waals surface area contributed by atoms with Crippen molar-refractivity contribution in [1.29, 1.82) is 5.26 Å². The molecule has 0 saturated heterocycles. The molecule has 2 rings (SSSR count). The van der Waals surface area contributed by atoms with Gasteiger partial charge in [-0.25, -0.2) is 0 Å². The van der Waals surface area contributed by atoms with Gasteiger partial charge in [0.25, 0.3) is 5.91 Å². The van der Waals surface area contributed by atoms with E-state index in [0.29, 0.717) is 29.3 Å². The van der Waals surface area contributed by atoms with Crippen LogP contribution in [0.1, 0.15) is 23.7 Å². The zero-order valence-corrected chi connectivity index (χ0v) is 13.2. The van der Waals surface area contributed by atoms with Crippen LogP contribution in [0.3, 0.4) is 0 Å². The Morgan fingerprint density at radius 1 is 1.08 bits per heavy atom. The lowest BCUT2D eigenvalue weighted by Crippen LogP contribution is -2.13. The molecule has 0 unspecified atom stereocenters. The Bertz CT molecular complexity index is 764. The van der Waals surface area contributed by atoms with Crippen LogP contribution in [0.15, 0.2) is 48.5 Å². The molecule has 2 aromatic carbocycles. The second-order valence-corrected chi connectivity index (χ2v) is 4.88. The van der Waals surface area contributed by atoms with Crippen LogP contribution < -0.4 is 15.4 Å². The van der Waals surface area contributed by atoms with Gasteiger partial charge in [-0.2, -0.15) is 5.26 Å². The van der Waals surface area contributed by atoms with Crippen molar-refractivity contribution in [3.8, 4) is 11.8 Å². The normalized spacial score (nSPS) is 9.67. The van der Waals surface area contributed by atoms with E-state index in [1.165, 1.54) is 0 Å². The van der Waals surface area contributed by atoms with E-state index >= 15 is 0 Å². The number of carbonyl (C=O) groups is 2. The van der Waals surface area contributed by atoms with Crippen LogP contribution in [-0.4, -0.2) is 18.4 Å². The number of anilines is 2. The maximum absolute atomic E-state index is 12.2. The van der Waals surface area contributed by atoms with Gasteiger partial charge in [0.2, 0.25) is 5.91 Å². The lowest BCUT2D eigenvalue weighted by Gasteiger charge is -2.09. The molecule has 6 heteroatoms. The van der Waals surface area contributed by atoms with Crippen molar-refractivity contribution in [3.05, 3.63) is 54.1 Å². The number of rotatable bonds is 6. The summed E-state index contributed by atoms with van der Waals surface area (Å²) >= 11 is 0. The minimum Gasteiger partial charge on any atom is -0.494 e. The standard InChI is InChI=1S/C18H17N3O3/c1-2-24-16-8-6-13(7-9-16)18(23)21-15-5-3-4-14(12-15)20-17(22)10-11-19/h3-9,12H,2,10H2,1H3,(H,20,22)(H,21,23).